The second-order valence-corrected chi connectivity index (χ2v) is 8.21. The summed E-state index contributed by atoms with van der Waals surface area (Å²) in [6, 6.07) is 19.4. The van der Waals surface area contributed by atoms with Crippen LogP contribution in [0.25, 0.3) is 5.65 Å². The van der Waals surface area contributed by atoms with E-state index in [2.05, 4.69) is 15.5 Å². The molecule has 2 aromatic carbocycles. The van der Waals surface area contributed by atoms with Gasteiger partial charge in [-0.3, -0.25) is 9.20 Å². The number of hydrogen-bond acceptors (Lipinski definition) is 4. The molecular weight excluding hydrogens is 461 g/mol. The molecule has 0 saturated heterocycles. The first-order chi connectivity index (χ1) is 15.3. The van der Waals surface area contributed by atoms with Gasteiger partial charge in [-0.05, 0) is 17.2 Å². The Kier molecular flexibility index (Phi) is 6.38. The summed E-state index contributed by atoms with van der Waals surface area (Å²) in [4.78, 5) is 12.7. The molecule has 0 bridgehead atoms. The standard InChI is InChI=1S/C22H16ClF3N4OS/c23-17-11-16(22(24,25)26)12-30-20(17)28-29-21(30)32-13-18(31)27-19(14-7-3-1-4-8-14)15-9-5-2-6-10-15/h1-12,19H,13H2,(H,27,31). The van der Waals surface area contributed by atoms with Gasteiger partial charge in [-0.1, -0.05) is 84.0 Å². The molecule has 4 rings (SSSR count). The maximum atomic E-state index is 13.1. The highest BCUT2D eigenvalue weighted by molar-refractivity contribution is 7.99. The quantitative estimate of drug-likeness (QED) is 0.379. The number of carbonyl (C=O) groups excluding carboxylic acids is 1. The van der Waals surface area contributed by atoms with Crippen LogP contribution >= 0.6 is 23.4 Å². The molecular formula is C22H16ClF3N4OS. The minimum atomic E-state index is -4.57. The molecule has 0 aliphatic carbocycles. The molecule has 10 heteroatoms. The molecule has 4 aromatic rings. The van der Waals surface area contributed by atoms with Crippen LogP contribution < -0.4 is 5.32 Å². The number of alkyl halides is 3. The van der Waals surface area contributed by atoms with Crippen LogP contribution in [0, 0.1) is 0 Å². The van der Waals surface area contributed by atoms with Crippen LogP contribution in [0.1, 0.15) is 22.7 Å². The minimum Gasteiger partial charge on any atom is -0.344 e. The van der Waals surface area contributed by atoms with Crippen LogP contribution in [0.5, 0.6) is 0 Å². The van der Waals surface area contributed by atoms with Gasteiger partial charge >= 0.3 is 6.18 Å². The summed E-state index contributed by atoms with van der Waals surface area (Å²) in [5, 5.41) is 10.7. The highest BCUT2D eigenvalue weighted by Crippen LogP contribution is 2.33. The van der Waals surface area contributed by atoms with Crippen LogP contribution in [0.4, 0.5) is 13.2 Å². The molecule has 0 aliphatic heterocycles. The number of amides is 1. The molecule has 0 radical (unpaired) electrons. The first-order valence-electron chi connectivity index (χ1n) is 9.46. The zero-order chi connectivity index (χ0) is 22.7. The molecule has 0 fully saturated rings. The highest BCUT2D eigenvalue weighted by Gasteiger charge is 2.32. The number of fused-ring (bicyclic) bond motifs is 1. The summed E-state index contributed by atoms with van der Waals surface area (Å²) >= 11 is 6.91. The molecule has 32 heavy (non-hydrogen) atoms. The average Bonchev–Trinajstić information content (AvgIpc) is 3.20. The first-order valence-corrected chi connectivity index (χ1v) is 10.8. The summed E-state index contributed by atoms with van der Waals surface area (Å²) < 4.78 is 40.5. The second kappa shape index (κ2) is 9.22. The van der Waals surface area contributed by atoms with Gasteiger partial charge in [-0.25, -0.2) is 0 Å². The summed E-state index contributed by atoms with van der Waals surface area (Å²) in [5.74, 6) is -0.368. The van der Waals surface area contributed by atoms with E-state index in [4.69, 9.17) is 11.6 Å². The normalized spacial score (nSPS) is 11.8. The number of aromatic nitrogens is 3. The van der Waals surface area contributed by atoms with Crippen molar-refractivity contribution in [1.29, 1.82) is 0 Å². The Morgan fingerprint density at radius 3 is 2.19 bits per heavy atom. The lowest BCUT2D eigenvalue weighted by molar-refractivity contribution is -0.137. The van der Waals surface area contributed by atoms with Gasteiger partial charge in [-0.15, -0.1) is 10.2 Å². The SMILES string of the molecule is O=C(CSc1nnc2c(Cl)cc(C(F)(F)F)cn12)NC(c1ccccc1)c1ccccc1. The third kappa shape index (κ3) is 4.89. The van der Waals surface area contributed by atoms with E-state index in [0.29, 0.717) is 0 Å². The number of hydrogen-bond donors (Lipinski definition) is 1. The zero-order valence-electron chi connectivity index (χ0n) is 16.4. The van der Waals surface area contributed by atoms with Crippen molar-refractivity contribution in [3.63, 3.8) is 0 Å². The van der Waals surface area contributed by atoms with Crippen molar-refractivity contribution >= 4 is 34.9 Å². The van der Waals surface area contributed by atoms with Crippen LogP contribution in [-0.4, -0.2) is 26.3 Å². The third-order valence-electron chi connectivity index (χ3n) is 4.66. The van der Waals surface area contributed by atoms with Gasteiger partial charge in [0.1, 0.15) is 0 Å². The number of benzene rings is 2. The largest absolute Gasteiger partial charge is 0.417 e. The summed E-state index contributed by atoms with van der Waals surface area (Å²) in [6.07, 6.45) is -3.70. The smallest absolute Gasteiger partial charge is 0.344 e. The number of halogens is 4. The number of pyridine rings is 1. The van der Waals surface area contributed by atoms with Gasteiger partial charge in [0.25, 0.3) is 0 Å². The monoisotopic (exact) mass is 476 g/mol. The van der Waals surface area contributed by atoms with Crippen LogP contribution in [0.15, 0.2) is 78.1 Å². The lowest BCUT2D eigenvalue weighted by Gasteiger charge is -2.19. The Balaban J connectivity index is 1.53. The maximum absolute atomic E-state index is 13.1. The Labute approximate surface area is 190 Å². The van der Waals surface area contributed by atoms with Crippen molar-refractivity contribution in [3.8, 4) is 0 Å². The van der Waals surface area contributed by atoms with Gasteiger partial charge in [0.15, 0.2) is 10.8 Å². The highest BCUT2D eigenvalue weighted by atomic mass is 35.5. The van der Waals surface area contributed by atoms with Gasteiger partial charge < -0.3 is 5.32 Å². The number of carbonyl (C=O) groups is 1. The van der Waals surface area contributed by atoms with Crippen molar-refractivity contribution < 1.29 is 18.0 Å². The number of nitrogens with zero attached hydrogens (tertiary/aromatic N) is 3. The number of rotatable bonds is 6. The first kappa shape index (κ1) is 22.2. The average molecular weight is 477 g/mol. The van der Waals surface area contributed by atoms with Crippen LogP contribution in [0.3, 0.4) is 0 Å². The Morgan fingerprint density at radius 1 is 1.03 bits per heavy atom. The molecule has 5 nitrogen and oxygen atoms in total. The molecule has 0 saturated carbocycles. The van der Waals surface area contributed by atoms with E-state index < -0.39 is 11.7 Å². The van der Waals surface area contributed by atoms with Crippen molar-refractivity contribution in [2.24, 2.45) is 0 Å². The Bertz CT molecular complexity index is 1190. The molecule has 1 amide bonds. The van der Waals surface area contributed by atoms with Gasteiger partial charge in [0.2, 0.25) is 5.91 Å². The summed E-state index contributed by atoms with van der Waals surface area (Å²) in [7, 11) is 0. The van der Waals surface area contributed by atoms with Crippen molar-refractivity contribution in [2.75, 3.05) is 5.75 Å². The van der Waals surface area contributed by atoms with Crippen LogP contribution in [-0.2, 0) is 11.0 Å². The molecule has 0 unspecified atom stereocenters. The maximum Gasteiger partial charge on any atom is 0.417 e. The van der Waals surface area contributed by atoms with Crippen molar-refractivity contribution in [2.45, 2.75) is 17.4 Å². The molecule has 0 spiro atoms. The fraction of sp³-hybridized carbons (Fsp3) is 0.136. The van der Waals surface area contributed by atoms with E-state index in [1.54, 1.807) is 0 Å². The van der Waals surface area contributed by atoms with Crippen molar-refractivity contribution in [3.05, 3.63) is 94.6 Å². The second-order valence-electron chi connectivity index (χ2n) is 6.86. The van der Waals surface area contributed by atoms with E-state index in [9.17, 15) is 18.0 Å². The van der Waals surface area contributed by atoms with E-state index in [1.807, 2.05) is 60.7 Å². The van der Waals surface area contributed by atoms with E-state index >= 15 is 0 Å². The Hall–Kier alpha value is -3.04. The third-order valence-corrected chi connectivity index (χ3v) is 5.88. The summed E-state index contributed by atoms with van der Waals surface area (Å²) in [5.41, 5.74) is 0.988. The number of thioether (sulfide) groups is 1. The fourth-order valence-corrected chi connectivity index (χ4v) is 4.14. The molecule has 2 heterocycles. The van der Waals surface area contributed by atoms with Gasteiger partial charge in [0.05, 0.1) is 22.4 Å². The summed E-state index contributed by atoms with van der Waals surface area (Å²) in [6.45, 7) is 0. The van der Waals surface area contributed by atoms with Gasteiger partial charge in [0, 0.05) is 6.20 Å². The molecule has 0 aliphatic rings. The molecule has 1 N–H and O–H groups in total. The molecule has 2 aromatic heterocycles. The molecule has 0 atom stereocenters. The topological polar surface area (TPSA) is 59.3 Å². The predicted octanol–water partition coefficient (Wildman–Crippen LogP) is 5.40. The van der Waals surface area contributed by atoms with Crippen LogP contribution in [0.2, 0.25) is 5.02 Å². The van der Waals surface area contributed by atoms with Gasteiger partial charge in [-0.2, -0.15) is 13.2 Å². The Morgan fingerprint density at radius 2 is 1.62 bits per heavy atom. The molecule has 164 valence electrons. The fourth-order valence-electron chi connectivity index (χ4n) is 3.17. The zero-order valence-corrected chi connectivity index (χ0v) is 18.0. The van der Waals surface area contributed by atoms with E-state index in [-0.39, 0.29) is 33.5 Å². The van der Waals surface area contributed by atoms with E-state index in [0.717, 1.165) is 39.6 Å². The minimum absolute atomic E-state index is 0.0647. The van der Waals surface area contributed by atoms with E-state index in [1.165, 1.54) is 0 Å². The lowest BCUT2D eigenvalue weighted by atomic mass is 9.99. The lowest BCUT2D eigenvalue weighted by Crippen LogP contribution is -2.30. The number of nitrogens with one attached hydrogen (secondary N) is 1. The van der Waals surface area contributed by atoms with Crippen molar-refractivity contribution in [1.82, 2.24) is 19.9 Å². The predicted molar refractivity (Wildman–Crippen MR) is 117 cm³/mol.